The van der Waals surface area contributed by atoms with E-state index in [0.717, 1.165) is 10.8 Å². The van der Waals surface area contributed by atoms with Crippen molar-refractivity contribution in [1.82, 2.24) is 0 Å². The van der Waals surface area contributed by atoms with E-state index in [9.17, 15) is 4.39 Å². The van der Waals surface area contributed by atoms with Gasteiger partial charge in [-0.2, -0.15) is 0 Å². The fourth-order valence-electron chi connectivity index (χ4n) is 1.44. The third-order valence-electron chi connectivity index (χ3n) is 2.11. The molecule has 0 saturated carbocycles. The highest BCUT2D eigenvalue weighted by Gasteiger charge is 2.02. The molecule has 2 rings (SSSR count). The standard InChI is InChI=1S/C11H8ClF/c12-11-6-5-8(7-13)9-3-1-2-4-10(9)11/h1-6H,7H2. The van der Waals surface area contributed by atoms with E-state index in [1.54, 1.807) is 12.1 Å². The summed E-state index contributed by atoms with van der Waals surface area (Å²) in [7, 11) is 0. The molecule has 13 heavy (non-hydrogen) atoms. The fourth-order valence-corrected chi connectivity index (χ4v) is 1.67. The Kier molecular flexibility index (Phi) is 2.19. The van der Waals surface area contributed by atoms with Gasteiger partial charge in [0.2, 0.25) is 0 Å². The van der Waals surface area contributed by atoms with Gasteiger partial charge in [-0.15, -0.1) is 0 Å². The van der Waals surface area contributed by atoms with Crippen LogP contribution in [0.15, 0.2) is 36.4 Å². The molecule has 2 aromatic rings. The molecule has 0 aromatic heterocycles. The van der Waals surface area contributed by atoms with Crippen LogP contribution in [0.2, 0.25) is 5.02 Å². The van der Waals surface area contributed by atoms with Gasteiger partial charge < -0.3 is 0 Å². The first kappa shape index (κ1) is 8.52. The largest absolute Gasteiger partial charge is 0.246 e. The summed E-state index contributed by atoms with van der Waals surface area (Å²) in [5.41, 5.74) is 0.694. The van der Waals surface area contributed by atoms with Gasteiger partial charge in [0.1, 0.15) is 6.67 Å². The maximum absolute atomic E-state index is 12.5. The van der Waals surface area contributed by atoms with E-state index >= 15 is 0 Å². The summed E-state index contributed by atoms with van der Waals surface area (Å²) < 4.78 is 12.5. The Hall–Kier alpha value is -1.08. The summed E-state index contributed by atoms with van der Waals surface area (Å²) >= 11 is 5.96. The van der Waals surface area contributed by atoms with E-state index < -0.39 is 6.67 Å². The SMILES string of the molecule is FCc1ccc(Cl)c2ccccc12. The Morgan fingerprint density at radius 2 is 1.69 bits per heavy atom. The van der Waals surface area contributed by atoms with Crippen molar-refractivity contribution in [2.24, 2.45) is 0 Å². The molecule has 2 aromatic carbocycles. The van der Waals surface area contributed by atoms with Gasteiger partial charge >= 0.3 is 0 Å². The molecule has 0 N–H and O–H groups in total. The van der Waals surface area contributed by atoms with Crippen LogP contribution in [0, 0.1) is 0 Å². The molecule has 0 aliphatic heterocycles. The Morgan fingerprint density at radius 3 is 2.38 bits per heavy atom. The van der Waals surface area contributed by atoms with E-state index in [1.165, 1.54) is 0 Å². The summed E-state index contributed by atoms with van der Waals surface area (Å²) in [5.74, 6) is 0. The van der Waals surface area contributed by atoms with Crippen molar-refractivity contribution in [2.75, 3.05) is 0 Å². The molecule has 0 spiro atoms. The van der Waals surface area contributed by atoms with Gasteiger partial charge in [0.25, 0.3) is 0 Å². The highest BCUT2D eigenvalue weighted by atomic mass is 35.5. The van der Waals surface area contributed by atoms with Crippen LogP contribution in [0.25, 0.3) is 10.8 Å². The van der Waals surface area contributed by atoms with Crippen LogP contribution >= 0.6 is 11.6 Å². The Morgan fingerprint density at radius 1 is 1.00 bits per heavy atom. The van der Waals surface area contributed by atoms with Crippen LogP contribution in [0.4, 0.5) is 4.39 Å². The van der Waals surface area contributed by atoms with Crippen molar-refractivity contribution in [2.45, 2.75) is 6.67 Å². The van der Waals surface area contributed by atoms with E-state index in [0.29, 0.717) is 10.6 Å². The van der Waals surface area contributed by atoms with Crippen LogP contribution in [0.5, 0.6) is 0 Å². The molecular weight excluding hydrogens is 187 g/mol. The number of alkyl halides is 1. The van der Waals surface area contributed by atoms with Gasteiger partial charge in [-0.3, -0.25) is 0 Å². The predicted octanol–water partition coefficient (Wildman–Crippen LogP) is 3.96. The van der Waals surface area contributed by atoms with Crippen molar-refractivity contribution < 1.29 is 4.39 Å². The van der Waals surface area contributed by atoms with Crippen molar-refractivity contribution in [3.05, 3.63) is 47.0 Å². The summed E-state index contributed by atoms with van der Waals surface area (Å²) in [6, 6.07) is 11.0. The zero-order valence-electron chi connectivity index (χ0n) is 6.93. The average molecular weight is 195 g/mol. The molecule has 0 heterocycles. The van der Waals surface area contributed by atoms with Gasteiger partial charge in [-0.25, -0.2) is 4.39 Å². The first-order chi connectivity index (χ1) is 6.33. The minimum Gasteiger partial charge on any atom is -0.246 e. The molecule has 0 bridgehead atoms. The zero-order chi connectivity index (χ0) is 9.26. The fraction of sp³-hybridized carbons (Fsp3) is 0.0909. The number of fused-ring (bicyclic) bond motifs is 1. The monoisotopic (exact) mass is 194 g/mol. The van der Waals surface area contributed by atoms with Crippen LogP contribution in [-0.2, 0) is 6.67 Å². The van der Waals surface area contributed by atoms with E-state index in [-0.39, 0.29) is 0 Å². The lowest BCUT2D eigenvalue weighted by atomic mass is 10.1. The molecule has 0 amide bonds. The summed E-state index contributed by atoms with van der Waals surface area (Å²) in [5, 5.41) is 2.49. The van der Waals surface area contributed by atoms with Crippen LogP contribution in [-0.4, -0.2) is 0 Å². The highest BCUT2D eigenvalue weighted by Crippen LogP contribution is 2.26. The van der Waals surface area contributed by atoms with Crippen molar-refractivity contribution in [3.8, 4) is 0 Å². The molecule has 0 unspecified atom stereocenters. The smallest absolute Gasteiger partial charge is 0.115 e. The molecule has 0 saturated heterocycles. The minimum absolute atomic E-state index is 0.447. The third kappa shape index (κ3) is 1.40. The Balaban J connectivity index is 2.84. The molecule has 0 radical (unpaired) electrons. The molecule has 0 nitrogen and oxygen atoms in total. The zero-order valence-corrected chi connectivity index (χ0v) is 7.68. The normalized spacial score (nSPS) is 10.6. The quantitative estimate of drug-likeness (QED) is 0.645. The maximum atomic E-state index is 12.5. The maximum Gasteiger partial charge on any atom is 0.115 e. The third-order valence-corrected chi connectivity index (χ3v) is 2.43. The molecule has 0 aliphatic carbocycles. The van der Waals surface area contributed by atoms with E-state index in [1.807, 2.05) is 24.3 Å². The molecule has 2 heteroatoms. The second kappa shape index (κ2) is 3.35. The predicted molar refractivity (Wildman–Crippen MR) is 53.8 cm³/mol. The number of hydrogen-bond acceptors (Lipinski definition) is 0. The first-order valence-electron chi connectivity index (χ1n) is 4.05. The van der Waals surface area contributed by atoms with Gasteiger partial charge in [0, 0.05) is 10.4 Å². The molecule has 0 aliphatic rings. The topological polar surface area (TPSA) is 0 Å². The molecule has 0 fully saturated rings. The second-order valence-corrected chi connectivity index (χ2v) is 3.29. The van der Waals surface area contributed by atoms with E-state index in [4.69, 9.17) is 11.6 Å². The average Bonchev–Trinajstić information content (AvgIpc) is 2.19. The number of rotatable bonds is 1. The van der Waals surface area contributed by atoms with Gasteiger partial charge in [-0.1, -0.05) is 41.9 Å². The van der Waals surface area contributed by atoms with Crippen LogP contribution in [0.1, 0.15) is 5.56 Å². The van der Waals surface area contributed by atoms with Crippen molar-refractivity contribution >= 4 is 22.4 Å². The van der Waals surface area contributed by atoms with Gasteiger partial charge in [-0.05, 0) is 17.0 Å². The Bertz CT molecular complexity index is 437. The molecule has 66 valence electrons. The van der Waals surface area contributed by atoms with Crippen LogP contribution < -0.4 is 0 Å². The minimum atomic E-state index is -0.447. The number of halogens is 2. The molecular formula is C11H8ClF. The molecule has 0 atom stereocenters. The van der Waals surface area contributed by atoms with Gasteiger partial charge in [0.05, 0.1) is 0 Å². The summed E-state index contributed by atoms with van der Waals surface area (Å²) in [4.78, 5) is 0. The number of benzene rings is 2. The van der Waals surface area contributed by atoms with Crippen molar-refractivity contribution in [3.63, 3.8) is 0 Å². The van der Waals surface area contributed by atoms with Crippen LogP contribution in [0.3, 0.4) is 0 Å². The van der Waals surface area contributed by atoms with Gasteiger partial charge in [0.15, 0.2) is 0 Å². The number of hydrogen-bond donors (Lipinski definition) is 0. The lowest BCUT2D eigenvalue weighted by molar-refractivity contribution is 0.488. The first-order valence-corrected chi connectivity index (χ1v) is 4.43. The Labute approximate surface area is 80.9 Å². The summed E-state index contributed by atoms with van der Waals surface area (Å²) in [6.07, 6.45) is 0. The highest BCUT2D eigenvalue weighted by molar-refractivity contribution is 6.35. The summed E-state index contributed by atoms with van der Waals surface area (Å²) in [6.45, 7) is -0.447. The van der Waals surface area contributed by atoms with E-state index in [2.05, 4.69) is 0 Å². The van der Waals surface area contributed by atoms with Crippen molar-refractivity contribution in [1.29, 1.82) is 0 Å². The lowest BCUT2D eigenvalue weighted by Gasteiger charge is -2.03. The lowest BCUT2D eigenvalue weighted by Crippen LogP contribution is -1.82. The second-order valence-electron chi connectivity index (χ2n) is 2.89.